The topological polar surface area (TPSA) is 51.5 Å². The number of nitrogens with zero attached hydrogens (tertiary/aromatic N) is 1. The Bertz CT molecular complexity index is 809. The standard InChI is InChI=1S/C26H35NO3/c1-5-21-17-23(28-6-2)25(30-19-22-13-9-7-10-14-22)24(18-21)29-16-12-8-11-15-26(3,4)20-27/h7,9-10,13-14,17-18H,5-6,8,11-12,15-16,19H2,1-4H3. The van der Waals surface area contributed by atoms with Crippen molar-refractivity contribution in [2.24, 2.45) is 5.41 Å². The molecule has 0 amide bonds. The highest BCUT2D eigenvalue weighted by molar-refractivity contribution is 5.54. The first-order chi connectivity index (χ1) is 14.5. The summed E-state index contributed by atoms with van der Waals surface area (Å²) in [4.78, 5) is 0. The molecular formula is C26H35NO3. The van der Waals surface area contributed by atoms with E-state index in [1.807, 2.05) is 57.2 Å². The third-order valence-corrected chi connectivity index (χ3v) is 5.02. The highest BCUT2D eigenvalue weighted by atomic mass is 16.5. The van der Waals surface area contributed by atoms with Crippen LogP contribution in [0.15, 0.2) is 42.5 Å². The maximum atomic E-state index is 9.13. The van der Waals surface area contributed by atoms with Crippen LogP contribution in [0.3, 0.4) is 0 Å². The quantitative estimate of drug-likeness (QED) is 0.345. The first kappa shape index (κ1) is 23.6. The van der Waals surface area contributed by atoms with Crippen molar-refractivity contribution in [1.29, 1.82) is 5.26 Å². The molecule has 2 rings (SSSR count). The Labute approximate surface area is 181 Å². The van der Waals surface area contributed by atoms with E-state index in [1.165, 1.54) is 0 Å². The van der Waals surface area contributed by atoms with Crippen molar-refractivity contribution in [2.45, 2.75) is 66.4 Å². The first-order valence-corrected chi connectivity index (χ1v) is 11.0. The minimum Gasteiger partial charge on any atom is -0.490 e. The molecule has 2 aromatic rings. The summed E-state index contributed by atoms with van der Waals surface area (Å²) in [5, 5.41) is 9.13. The number of rotatable bonds is 13. The summed E-state index contributed by atoms with van der Waals surface area (Å²) in [6.45, 7) is 9.73. The number of benzene rings is 2. The van der Waals surface area contributed by atoms with Crippen LogP contribution in [-0.4, -0.2) is 13.2 Å². The van der Waals surface area contributed by atoms with E-state index in [4.69, 9.17) is 19.5 Å². The lowest BCUT2D eigenvalue weighted by atomic mass is 9.89. The predicted molar refractivity (Wildman–Crippen MR) is 121 cm³/mol. The van der Waals surface area contributed by atoms with Crippen LogP contribution in [0.5, 0.6) is 17.2 Å². The number of hydrogen-bond donors (Lipinski definition) is 0. The van der Waals surface area contributed by atoms with Crippen molar-refractivity contribution in [3.8, 4) is 23.3 Å². The van der Waals surface area contributed by atoms with Crippen LogP contribution >= 0.6 is 0 Å². The lowest BCUT2D eigenvalue weighted by Crippen LogP contribution is -2.08. The van der Waals surface area contributed by atoms with Gasteiger partial charge in [-0.25, -0.2) is 0 Å². The Hall–Kier alpha value is -2.67. The molecule has 0 aromatic heterocycles. The van der Waals surface area contributed by atoms with Crippen molar-refractivity contribution < 1.29 is 14.2 Å². The minimum atomic E-state index is -0.249. The molecule has 0 atom stereocenters. The van der Waals surface area contributed by atoms with Gasteiger partial charge in [-0.15, -0.1) is 0 Å². The molecule has 2 aromatic carbocycles. The van der Waals surface area contributed by atoms with Gasteiger partial charge < -0.3 is 14.2 Å². The zero-order valence-corrected chi connectivity index (χ0v) is 18.9. The zero-order chi connectivity index (χ0) is 21.8. The van der Waals surface area contributed by atoms with Crippen molar-refractivity contribution in [2.75, 3.05) is 13.2 Å². The van der Waals surface area contributed by atoms with Crippen LogP contribution in [0.4, 0.5) is 0 Å². The number of ether oxygens (including phenoxy) is 3. The largest absolute Gasteiger partial charge is 0.490 e. The summed E-state index contributed by atoms with van der Waals surface area (Å²) in [5.41, 5.74) is 2.02. The molecule has 4 heteroatoms. The Morgan fingerprint density at radius 3 is 2.20 bits per heavy atom. The maximum Gasteiger partial charge on any atom is 0.203 e. The predicted octanol–water partition coefficient (Wildman–Crippen LogP) is 6.72. The lowest BCUT2D eigenvalue weighted by Gasteiger charge is -2.18. The van der Waals surface area contributed by atoms with E-state index in [1.54, 1.807) is 0 Å². The molecule has 0 N–H and O–H groups in total. The molecule has 162 valence electrons. The Kier molecular flexibility index (Phi) is 9.54. The molecule has 0 saturated heterocycles. The normalized spacial score (nSPS) is 11.0. The van der Waals surface area contributed by atoms with Crippen molar-refractivity contribution in [1.82, 2.24) is 0 Å². The third-order valence-electron chi connectivity index (χ3n) is 5.02. The molecule has 0 aliphatic heterocycles. The molecule has 0 radical (unpaired) electrons. The number of aryl methyl sites for hydroxylation is 1. The Morgan fingerprint density at radius 1 is 0.867 bits per heavy atom. The zero-order valence-electron chi connectivity index (χ0n) is 18.9. The van der Waals surface area contributed by atoms with Gasteiger partial charge in [-0.05, 0) is 63.3 Å². The number of hydrogen-bond acceptors (Lipinski definition) is 4. The second-order valence-electron chi connectivity index (χ2n) is 8.14. The summed E-state index contributed by atoms with van der Waals surface area (Å²) in [5.74, 6) is 2.15. The second kappa shape index (κ2) is 12.1. The van der Waals surface area contributed by atoms with Crippen LogP contribution in [0.25, 0.3) is 0 Å². The molecule has 4 nitrogen and oxygen atoms in total. The Balaban J connectivity index is 2.04. The van der Waals surface area contributed by atoms with Gasteiger partial charge in [0.05, 0.1) is 24.7 Å². The summed E-state index contributed by atoms with van der Waals surface area (Å²) in [6.07, 6.45) is 4.82. The summed E-state index contributed by atoms with van der Waals surface area (Å²) >= 11 is 0. The van der Waals surface area contributed by atoms with Crippen LogP contribution in [0.2, 0.25) is 0 Å². The van der Waals surface area contributed by atoms with Gasteiger partial charge in [0.2, 0.25) is 5.75 Å². The third kappa shape index (κ3) is 7.63. The van der Waals surface area contributed by atoms with Gasteiger partial charge >= 0.3 is 0 Å². The summed E-state index contributed by atoms with van der Waals surface area (Å²) < 4.78 is 18.2. The molecule has 0 spiro atoms. The molecule has 0 aliphatic carbocycles. The van der Waals surface area contributed by atoms with Crippen LogP contribution < -0.4 is 14.2 Å². The molecule has 0 bridgehead atoms. The second-order valence-corrected chi connectivity index (χ2v) is 8.14. The molecular weight excluding hydrogens is 374 g/mol. The van der Waals surface area contributed by atoms with E-state index >= 15 is 0 Å². The van der Waals surface area contributed by atoms with Gasteiger partial charge in [0, 0.05) is 0 Å². The van der Waals surface area contributed by atoms with Gasteiger partial charge in [0.15, 0.2) is 11.5 Å². The minimum absolute atomic E-state index is 0.249. The highest BCUT2D eigenvalue weighted by Gasteiger charge is 2.17. The molecule has 0 aliphatic rings. The average molecular weight is 410 g/mol. The van der Waals surface area contributed by atoms with E-state index in [2.05, 4.69) is 19.1 Å². The van der Waals surface area contributed by atoms with Gasteiger partial charge in [0.25, 0.3) is 0 Å². The average Bonchev–Trinajstić information content (AvgIpc) is 2.76. The van der Waals surface area contributed by atoms with E-state index in [0.29, 0.717) is 25.6 Å². The molecule has 0 unspecified atom stereocenters. The molecule has 0 fully saturated rings. The van der Waals surface area contributed by atoms with Gasteiger partial charge in [0.1, 0.15) is 6.61 Å². The Morgan fingerprint density at radius 2 is 1.57 bits per heavy atom. The van der Waals surface area contributed by atoms with Crippen molar-refractivity contribution in [3.05, 3.63) is 53.6 Å². The number of nitriles is 1. The lowest BCUT2D eigenvalue weighted by molar-refractivity contribution is 0.237. The van der Waals surface area contributed by atoms with E-state index < -0.39 is 0 Å². The monoisotopic (exact) mass is 409 g/mol. The van der Waals surface area contributed by atoms with E-state index in [9.17, 15) is 0 Å². The van der Waals surface area contributed by atoms with Gasteiger partial charge in [-0.3, -0.25) is 0 Å². The fourth-order valence-electron chi connectivity index (χ4n) is 3.16. The number of unbranched alkanes of at least 4 members (excludes halogenated alkanes) is 2. The van der Waals surface area contributed by atoms with Crippen LogP contribution in [0.1, 0.15) is 64.5 Å². The first-order valence-electron chi connectivity index (χ1n) is 11.0. The molecule has 30 heavy (non-hydrogen) atoms. The fraction of sp³-hybridized carbons (Fsp3) is 0.500. The van der Waals surface area contributed by atoms with E-state index in [-0.39, 0.29) is 5.41 Å². The maximum absolute atomic E-state index is 9.13. The van der Waals surface area contributed by atoms with Crippen molar-refractivity contribution >= 4 is 0 Å². The fourth-order valence-corrected chi connectivity index (χ4v) is 3.16. The SMILES string of the molecule is CCOc1cc(CC)cc(OCCCCCC(C)(C)C#N)c1OCc1ccccc1. The van der Waals surface area contributed by atoms with Gasteiger partial charge in [-0.2, -0.15) is 5.26 Å². The molecule has 0 heterocycles. The summed E-state index contributed by atoms with van der Waals surface area (Å²) in [6, 6.07) is 16.6. The van der Waals surface area contributed by atoms with Crippen molar-refractivity contribution in [3.63, 3.8) is 0 Å². The molecule has 0 saturated carbocycles. The van der Waals surface area contributed by atoms with Crippen LogP contribution in [0, 0.1) is 16.7 Å². The van der Waals surface area contributed by atoms with E-state index in [0.717, 1.165) is 54.7 Å². The summed E-state index contributed by atoms with van der Waals surface area (Å²) in [7, 11) is 0. The smallest absolute Gasteiger partial charge is 0.203 e. The van der Waals surface area contributed by atoms with Gasteiger partial charge in [-0.1, -0.05) is 50.1 Å². The van der Waals surface area contributed by atoms with Crippen LogP contribution in [-0.2, 0) is 13.0 Å². The highest BCUT2D eigenvalue weighted by Crippen LogP contribution is 2.40.